The van der Waals surface area contributed by atoms with Crippen LogP contribution in [0.5, 0.6) is 0 Å². The number of carbonyl (C=O) groups is 2. The zero-order valence-corrected chi connectivity index (χ0v) is 16.7. The molecule has 2 heterocycles. The van der Waals surface area contributed by atoms with Gasteiger partial charge in [-0.05, 0) is 58.4 Å². The van der Waals surface area contributed by atoms with Crippen LogP contribution in [0, 0.1) is 5.92 Å². The lowest BCUT2D eigenvalue weighted by molar-refractivity contribution is -0.157. The van der Waals surface area contributed by atoms with Crippen molar-refractivity contribution >= 4 is 11.9 Å². The lowest BCUT2D eigenvalue weighted by Gasteiger charge is -2.27. The SMILES string of the molecule is C=C1C(=O)O[C@@H]2[C@@H]1C[C@H]1O[C@]1(C)CC/C=C(\C)CC/C=C(\C)[C@H]2OC(C)=O. The molecule has 27 heavy (non-hydrogen) atoms. The van der Waals surface area contributed by atoms with E-state index in [1.807, 2.05) is 6.92 Å². The second-order valence-electron chi connectivity index (χ2n) is 8.26. The lowest BCUT2D eigenvalue weighted by Crippen LogP contribution is -2.37. The molecule has 5 nitrogen and oxygen atoms in total. The number of rotatable bonds is 1. The summed E-state index contributed by atoms with van der Waals surface area (Å²) in [5.74, 6) is -0.999. The summed E-state index contributed by atoms with van der Waals surface area (Å²) in [4.78, 5) is 23.9. The average Bonchev–Trinajstić information content (AvgIpc) is 3.14. The van der Waals surface area contributed by atoms with Crippen molar-refractivity contribution in [1.29, 1.82) is 0 Å². The first-order valence-electron chi connectivity index (χ1n) is 9.78. The second-order valence-corrected chi connectivity index (χ2v) is 8.26. The first-order valence-corrected chi connectivity index (χ1v) is 9.78. The van der Waals surface area contributed by atoms with Crippen molar-refractivity contribution in [2.45, 2.75) is 83.7 Å². The van der Waals surface area contributed by atoms with Crippen LogP contribution in [0.25, 0.3) is 0 Å². The van der Waals surface area contributed by atoms with Crippen LogP contribution in [0.3, 0.4) is 0 Å². The average molecular weight is 374 g/mol. The second kappa shape index (κ2) is 7.63. The highest BCUT2D eigenvalue weighted by atomic mass is 16.6. The van der Waals surface area contributed by atoms with Crippen molar-refractivity contribution < 1.29 is 23.8 Å². The molecule has 2 aliphatic heterocycles. The maximum absolute atomic E-state index is 12.2. The third-order valence-corrected chi connectivity index (χ3v) is 6.03. The molecule has 0 saturated carbocycles. The van der Waals surface area contributed by atoms with Gasteiger partial charge in [0.2, 0.25) is 0 Å². The van der Waals surface area contributed by atoms with Crippen molar-refractivity contribution in [3.05, 3.63) is 35.5 Å². The number of carbonyl (C=O) groups excluding carboxylic acids is 2. The predicted octanol–water partition coefficient (Wildman–Crippen LogP) is 4.03. The van der Waals surface area contributed by atoms with Crippen LogP contribution in [0.4, 0.5) is 0 Å². The molecule has 3 rings (SSSR count). The minimum Gasteiger partial charge on any atom is -0.454 e. The Balaban J connectivity index is 1.92. The molecule has 0 amide bonds. The Morgan fingerprint density at radius 1 is 1.30 bits per heavy atom. The van der Waals surface area contributed by atoms with E-state index in [-0.39, 0.29) is 23.6 Å². The number of ether oxygens (including phenoxy) is 3. The molecule has 0 bridgehead atoms. The predicted molar refractivity (Wildman–Crippen MR) is 102 cm³/mol. The Morgan fingerprint density at radius 2 is 2.04 bits per heavy atom. The molecular formula is C22H30O5. The van der Waals surface area contributed by atoms with Crippen molar-refractivity contribution in [1.82, 2.24) is 0 Å². The van der Waals surface area contributed by atoms with Gasteiger partial charge in [-0.25, -0.2) is 4.79 Å². The van der Waals surface area contributed by atoms with Crippen molar-refractivity contribution in [3.63, 3.8) is 0 Å². The molecule has 0 aromatic rings. The van der Waals surface area contributed by atoms with Gasteiger partial charge < -0.3 is 14.2 Å². The van der Waals surface area contributed by atoms with Crippen molar-refractivity contribution in [2.75, 3.05) is 0 Å². The van der Waals surface area contributed by atoms with Crippen LogP contribution < -0.4 is 0 Å². The Labute approximate surface area is 161 Å². The van der Waals surface area contributed by atoms with E-state index in [0.717, 1.165) is 31.3 Å². The Morgan fingerprint density at radius 3 is 2.74 bits per heavy atom. The third kappa shape index (κ3) is 4.34. The van der Waals surface area contributed by atoms with E-state index < -0.39 is 18.2 Å². The highest BCUT2D eigenvalue weighted by Gasteiger charge is 2.55. The van der Waals surface area contributed by atoms with Gasteiger partial charge in [-0.1, -0.05) is 24.3 Å². The van der Waals surface area contributed by atoms with E-state index in [1.54, 1.807) is 0 Å². The van der Waals surface area contributed by atoms with Gasteiger partial charge in [0.05, 0.1) is 11.7 Å². The Bertz CT molecular complexity index is 703. The number of epoxide rings is 1. The molecule has 1 aliphatic carbocycles. The first kappa shape index (κ1) is 19.9. The molecule has 0 aromatic heterocycles. The maximum atomic E-state index is 12.2. The quantitative estimate of drug-likeness (QED) is 0.300. The summed E-state index contributed by atoms with van der Waals surface area (Å²) >= 11 is 0. The topological polar surface area (TPSA) is 65.1 Å². The lowest BCUT2D eigenvalue weighted by atomic mass is 9.84. The van der Waals surface area contributed by atoms with Gasteiger partial charge in [-0.3, -0.25) is 4.79 Å². The fourth-order valence-corrected chi connectivity index (χ4v) is 4.17. The van der Waals surface area contributed by atoms with Crippen LogP contribution in [-0.2, 0) is 23.8 Å². The van der Waals surface area contributed by atoms with E-state index in [1.165, 1.54) is 12.5 Å². The van der Waals surface area contributed by atoms with E-state index in [0.29, 0.717) is 12.0 Å². The normalized spacial score (nSPS) is 41.0. The number of allylic oxidation sites excluding steroid dienone is 3. The minimum absolute atomic E-state index is 0.0650. The smallest absolute Gasteiger partial charge is 0.334 e. The fourth-order valence-electron chi connectivity index (χ4n) is 4.17. The molecule has 2 fully saturated rings. The monoisotopic (exact) mass is 374 g/mol. The van der Waals surface area contributed by atoms with E-state index >= 15 is 0 Å². The number of fused-ring (bicyclic) bond motifs is 2. The molecular weight excluding hydrogens is 344 g/mol. The van der Waals surface area contributed by atoms with Gasteiger partial charge in [0, 0.05) is 18.4 Å². The Kier molecular flexibility index (Phi) is 5.61. The van der Waals surface area contributed by atoms with Crippen LogP contribution in [0.2, 0.25) is 0 Å². The van der Waals surface area contributed by atoms with Gasteiger partial charge in [0.15, 0.2) is 6.10 Å². The van der Waals surface area contributed by atoms with Crippen molar-refractivity contribution in [2.24, 2.45) is 5.92 Å². The molecule has 0 unspecified atom stereocenters. The summed E-state index contributed by atoms with van der Waals surface area (Å²) in [5, 5.41) is 0. The summed E-state index contributed by atoms with van der Waals surface area (Å²) in [7, 11) is 0. The molecule has 5 atom stereocenters. The van der Waals surface area contributed by atoms with Crippen LogP contribution >= 0.6 is 0 Å². The standard InChI is InChI=1S/C22H30O5/c1-13-8-6-10-14(2)19(25-16(4)23)20-17(15(3)21(24)26-20)12-18-22(5,27-18)11-7-9-13/h9-10,17-20H,3,6-8,11-12H2,1-2,4-5H3/b13-9+,14-10+/t17-,18-,19-,20-,22-/m1/s1. The molecule has 148 valence electrons. The molecule has 2 saturated heterocycles. The van der Waals surface area contributed by atoms with Gasteiger partial charge in [0.1, 0.15) is 6.10 Å². The van der Waals surface area contributed by atoms with Crippen LogP contribution in [0.1, 0.15) is 59.8 Å². The van der Waals surface area contributed by atoms with Crippen LogP contribution in [-0.4, -0.2) is 35.9 Å². The first-order chi connectivity index (χ1) is 12.7. The molecule has 3 aliphatic rings. The number of hydrogen-bond donors (Lipinski definition) is 0. The summed E-state index contributed by atoms with van der Waals surface area (Å²) < 4.78 is 17.2. The summed E-state index contributed by atoms with van der Waals surface area (Å²) in [6.07, 6.45) is 7.70. The highest BCUT2D eigenvalue weighted by Crippen LogP contribution is 2.47. The van der Waals surface area contributed by atoms with Gasteiger partial charge in [-0.2, -0.15) is 0 Å². The third-order valence-electron chi connectivity index (χ3n) is 6.03. The molecule has 0 N–H and O–H groups in total. The molecule has 0 spiro atoms. The van der Waals surface area contributed by atoms with Gasteiger partial charge in [0.25, 0.3) is 0 Å². The largest absolute Gasteiger partial charge is 0.454 e. The van der Waals surface area contributed by atoms with E-state index in [4.69, 9.17) is 14.2 Å². The fraction of sp³-hybridized carbons (Fsp3) is 0.636. The highest BCUT2D eigenvalue weighted by molar-refractivity contribution is 5.91. The van der Waals surface area contributed by atoms with Gasteiger partial charge >= 0.3 is 11.9 Å². The van der Waals surface area contributed by atoms with Gasteiger partial charge in [-0.15, -0.1) is 0 Å². The summed E-state index contributed by atoms with van der Waals surface area (Å²) in [5.41, 5.74) is 2.54. The number of hydrogen-bond acceptors (Lipinski definition) is 5. The molecule has 5 heteroatoms. The zero-order valence-electron chi connectivity index (χ0n) is 16.7. The maximum Gasteiger partial charge on any atom is 0.334 e. The minimum atomic E-state index is -0.590. The summed E-state index contributed by atoms with van der Waals surface area (Å²) in [6, 6.07) is 0. The number of esters is 2. The van der Waals surface area contributed by atoms with Crippen molar-refractivity contribution in [3.8, 4) is 0 Å². The molecule has 0 radical (unpaired) electrons. The molecule has 0 aromatic carbocycles. The van der Waals surface area contributed by atoms with E-state index in [2.05, 4.69) is 32.6 Å². The van der Waals surface area contributed by atoms with Crippen LogP contribution in [0.15, 0.2) is 35.5 Å². The zero-order chi connectivity index (χ0) is 19.8. The van der Waals surface area contributed by atoms with E-state index in [9.17, 15) is 9.59 Å². The Hall–Kier alpha value is -1.88. The summed E-state index contributed by atoms with van der Waals surface area (Å²) in [6.45, 7) is 11.5.